The zero-order valence-corrected chi connectivity index (χ0v) is 43.5. The Hall–Kier alpha value is -7.06. The Bertz CT molecular complexity index is 2660. The number of rotatable bonds is 21. The predicted octanol–water partition coefficient (Wildman–Crippen LogP) is 3.16. The van der Waals surface area contributed by atoms with E-state index in [1.165, 1.54) is 34.0 Å². The van der Waals surface area contributed by atoms with Crippen LogP contribution in [0.3, 0.4) is 0 Å². The van der Waals surface area contributed by atoms with E-state index >= 15 is 0 Å². The van der Waals surface area contributed by atoms with E-state index in [0.29, 0.717) is 42.8 Å². The molecule has 2 aliphatic heterocycles. The molecule has 1 fully saturated rings. The number of nitrogen functional groups attached to an aromatic ring is 1. The monoisotopic (exact) mass is 1020 g/mol. The van der Waals surface area contributed by atoms with Crippen molar-refractivity contribution in [2.24, 2.45) is 5.41 Å². The molecule has 398 valence electrons. The number of anilines is 1. The molecule has 1 unspecified atom stereocenters. The van der Waals surface area contributed by atoms with Crippen LogP contribution >= 0.6 is 0 Å². The van der Waals surface area contributed by atoms with E-state index in [4.69, 9.17) is 19.9 Å². The number of benzene rings is 2. The summed E-state index contributed by atoms with van der Waals surface area (Å²) in [6, 6.07) is 13.0. The molecule has 2 bridgehead atoms. The second-order valence-corrected chi connectivity index (χ2v) is 19.5. The molecule has 0 spiro atoms. The summed E-state index contributed by atoms with van der Waals surface area (Å²) in [6.07, 6.45) is 1.63. The van der Waals surface area contributed by atoms with Gasteiger partial charge in [-0.3, -0.25) is 28.7 Å². The molecule has 4 aromatic rings. The summed E-state index contributed by atoms with van der Waals surface area (Å²) in [6.45, 7) is 12.8. The lowest BCUT2D eigenvalue weighted by molar-refractivity contribution is -0.144. The van der Waals surface area contributed by atoms with Gasteiger partial charge in [-0.2, -0.15) is 10.4 Å². The van der Waals surface area contributed by atoms with Crippen molar-refractivity contribution in [3.8, 4) is 23.2 Å². The number of nitrogens with two attached hydrogens (primary N) is 1. The number of carbonyl (C=O) groups excluding carboxylic acids is 5. The first-order chi connectivity index (χ1) is 35.3. The molecule has 4 heterocycles. The molecule has 0 saturated carbocycles. The summed E-state index contributed by atoms with van der Waals surface area (Å²) in [7, 11) is 3.24. The van der Waals surface area contributed by atoms with Gasteiger partial charge in [0.05, 0.1) is 74.7 Å². The molecule has 0 aliphatic carbocycles. The molecule has 2 aliphatic rings. The number of nitrogens with zero attached hydrogens (tertiary/aromatic N) is 7. The summed E-state index contributed by atoms with van der Waals surface area (Å²) in [4.78, 5) is 79.7. The van der Waals surface area contributed by atoms with Gasteiger partial charge in [0.2, 0.25) is 23.6 Å². The number of nitriles is 1. The van der Waals surface area contributed by atoms with Crippen LogP contribution in [0.15, 0.2) is 54.7 Å². The SMILES string of the molecule is CC[C@@H](NC(=O)[C@@H]1C[C@H](NCCOCCOCCC(=O)NCCn2nc3c(c2C#N)-c2cnc(N)c(n2)O[C@H](C)c2cc(F)ccc2C(=O)N(C)C3)CN1C(=O)C(NC(=O)[C@H](C)NC)C(C)(C)C)c1ccccc1. The Balaban J connectivity index is 0.969. The third kappa shape index (κ3) is 14.2. The van der Waals surface area contributed by atoms with Crippen LogP contribution in [0.5, 0.6) is 5.88 Å². The van der Waals surface area contributed by atoms with Crippen LogP contribution in [0.25, 0.3) is 11.3 Å². The van der Waals surface area contributed by atoms with E-state index < -0.39 is 41.4 Å². The minimum absolute atomic E-state index is 0.0387. The zero-order chi connectivity index (χ0) is 53.7. The van der Waals surface area contributed by atoms with Crippen molar-refractivity contribution in [3.63, 3.8) is 0 Å². The van der Waals surface area contributed by atoms with E-state index in [0.717, 1.165) is 5.56 Å². The molecule has 1 saturated heterocycles. The summed E-state index contributed by atoms with van der Waals surface area (Å²) >= 11 is 0. The summed E-state index contributed by atoms with van der Waals surface area (Å²) in [5.74, 6) is -2.27. The van der Waals surface area contributed by atoms with Crippen LogP contribution < -0.4 is 37.1 Å². The quantitative estimate of drug-likeness (QED) is 0.0655. The summed E-state index contributed by atoms with van der Waals surface area (Å²) in [5, 5.41) is 30.3. The fourth-order valence-corrected chi connectivity index (χ4v) is 8.83. The van der Waals surface area contributed by atoms with Crippen molar-refractivity contribution in [2.75, 3.05) is 65.9 Å². The average Bonchev–Trinajstić information content (AvgIpc) is 3.97. The molecular formula is C52H70FN13O8. The zero-order valence-electron chi connectivity index (χ0n) is 43.5. The Morgan fingerprint density at radius 2 is 1.77 bits per heavy atom. The van der Waals surface area contributed by atoms with Crippen LogP contribution in [0.4, 0.5) is 10.2 Å². The lowest BCUT2D eigenvalue weighted by Crippen LogP contribution is -2.59. The number of carbonyl (C=O) groups is 5. The minimum atomic E-state index is -0.878. The highest BCUT2D eigenvalue weighted by molar-refractivity contribution is 5.96. The second-order valence-electron chi connectivity index (χ2n) is 19.5. The minimum Gasteiger partial charge on any atom is -0.467 e. The van der Waals surface area contributed by atoms with Gasteiger partial charge in [0, 0.05) is 50.3 Å². The van der Waals surface area contributed by atoms with Gasteiger partial charge in [-0.15, -0.1) is 0 Å². The largest absolute Gasteiger partial charge is 0.467 e. The Morgan fingerprint density at radius 1 is 1.04 bits per heavy atom. The molecule has 7 N–H and O–H groups in total. The van der Waals surface area contributed by atoms with Crippen LogP contribution in [-0.2, 0) is 41.7 Å². The normalized spacial score (nSPS) is 17.8. The first-order valence-corrected chi connectivity index (χ1v) is 25.0. The third-order valence-corrected chi connectivity index (χ3v) is 13.1. The van der Waals surface area contributed by atoms with Gasteiger partial charge in [-0.25, -0.2) is 14.4 Å². The maximum absolute atomic E-state index is 14.4. The topological polar surface area (TPSA) is 273 Å². The highest BCUT2D eigenvalue weighted by atomic mass is 19.1. The number of halogens is 1. The number of nitrogens with one attached hydrogen (secondary N) is 5. The van der Waals surface area contributed by atoms with Gasteiger partial charge < -0.3 is 56.3 Å². The number of likely N-dealkylation sites (tertiary alicyclic amines) is 1. The number of aromatic nitrogens is 4. The van der Waals surface area contributed by atoms with Crippen LogP contribution in [0, 0.1) is 22.6 Å². The highest BCUT2D eigenvalue weighted by Gasteiger charge is 2.45. The number of hydrogen-bond donors (Lipinski definition) is 6. The van der Waals surface area contributed by atoms with Crippen LogP contribution in [-0.4, -0.2) is 143 Å². The average molecular weight is 1020 g/mol. The molecule has 2 aromatic heterocycles. The number of fused-ring (bicyclic) bond motifs is 5. The molecule has 0 radical (unpaired) electrons. The fraction of sp³-hybridized carbons (Fsp3) is 0.519. The first kappa shape index (κ1) is 56.2. The molecule has 2 aromatic carbocycles. The van der Waals surface area contributed by atoms with Crippen molar-refractivity contribution in [1.29, 1.82) is 5.26 Å². The predicted molar refractivity (Wildman–Crippen MR) is 272 cm³/mol. The van der Waals surface area contributed by atoms with Crippen molar-refractivity contribution in [1.82, 2.24) is 56.1 Å². The summed E-state index contributed by atoms with van der Waals surface area (Å²) < 4.78 is 33.3. The van der Waals surface area contributed by atoms with E-state index in [-0.39, 0.29) is 117 Å². The standard InChI is InChI=1S/C52H70FN13O8/c1-9-38(33-13-11-10-12-14-33)60-48(69)41-26-35(29-65(41)51(71)45(52(4,5)6)62-47(68)31(2)56-7)57-19-22-73-24-23-72-21-17-43(67)58-18-20-66-42(27-54)44-39-28-59-46(55)49(61-39)74-32(3)37-25-34(53)15-16-36(37)50(70)64(8)30-40(44)63-66/h10-16,25,28,31-32,35,38,41,45,56-57H,9,17-24,26,29-30H2,1-8H3,(H2,55,59)(H,58,67)(H,60,69)(H,62,68)/t31-,32+,35-,38+,41-,45?/m0/s1. The van der Waals surface area contributed by atoms with Gasteiger partial charge >= 0.3 is 0 Å². The second kappa shape index (κ2) is 25.7. The summed E-state index contributed by atoms with van der Waals surface area (Å²) in [5.41, 5.74) is 7.94. The molecule has 6 rings (SSSR count). The maximum atomic E-state index is 14.4. The number of ether oxygens (including phenoxy) is 3. The fourth-order valence-electron chi connectivity index (χ4n) is 8.83. The Morgan fingerprint density at radius 3 is 2.46 bits per heavy atom. The molecule has 6 atom stereocenters. The van der Waals surface area contributed by atoms with Crippen LogP contribution in [0.1, 0.15) is 106 Å². The van der Waals surface area contributed by atoms with Gasteiger partial charge in [0.25, 0.3) is 11.8 Å². The van der Waals surface area contributed by atoms with Gasteiger partial charge in [0.15, 0.2) is 5.82 Å². The smallest absolute Gasteiger partial charge is 0.258 e. The van der Waals surface area contributed by atoms with Crippen LogP contribution in [0.2, 0.25) is 0 Å². The molecular weight excluding hydrogens is 954 g/mol. The van der Waals surface area contributed by atoms with E-state index in [2.05, 4.69) is 47.7 Å². The van der Waals surface area contributed by atoms with Crippen molar-refractivity contribution in [3.05, 3.63) is 88.6 Å². The molecule has 74 heavy (non-hydrogen) atoms. The highest BCUT2D eigenvalue weighted by Crippen LogP contribution is 2.34. The van der Waals surface area contributed by atoms with E-state index in [1.54, 1.807) is 32.8 Å². The molecule has 21 nitrogen and oxygen atoms in total. The number of hydrogen-bond acceptors (Lipinski definition) is 15. The molecule has 22 heteroatoms. The van der Waals surface area contributed by atoms with Gasteiger partial charge in [-0.1, -0.05) is 58.0 Å². The third-order valence-electron chi connectivity index (χ3n) is 13.1. The van der Waals surface area contributed by atoms with E-state index in [1.807, 2.05) is 58.0 Å². The first-order valence-electron chi connectivity index (χ1n) is 25.0. The number of likely N-dealkylation sites (N-methyl/N-ethyl adjacent to an activating group) is 1. The maximum Gasteiger partial charge on any atom is 0.258 e. The van der Waals surface area contributed by atoms with Crippen molar-refractivity contribution < 1.29 is 42.6 Å². The van der Waals surface area contributed by atoms with Crippen molar-refractivity contribution >= 4 is 35.4 Å². The Labute approximate surface area is 431 Å². The van der Waals surface area contributed by atoms with Crippen molar-refractivity contribution in [2.45, 2.75) is 110 Å². The lowest BCUT2D eigenvalue weighted by atomic mass is 9.85. The van der Waals surface area contributed by atoms with Gasteiger partial charge in [0.1, 0.15) is 35.8 Å². The Kier molecular flexibility index (Phi) is 19.6. The van der Waals surface area contributed by atoms with Gasteiger partial charge in [-0.05, 0) is 62.9 Å². The molecule has 5 amide bonds. The number of amides is 5. The lowest BCUT2D eigenvalue weighted by Gasteiger charge is -2.36. The van der Waals surface area contributed by atoms with E-state index in [9.17, 15) is 33.6 Å².